The van der Waals surface area contributed by atoms with E-state index in [-0.39, 0.29) is 12.7 Å². The zero-order chi connectivity index (χ0) is 11.3. The van der Waals surface area contributed by atoms with Crippen LogP contribution >= 0.6 is 15.9 Å². The Morgan fingerprint density at radius 3 is 2.53 bits per heavy atom. The average Bonchev–Trinajstić information content (AvgIpc) is 2.13. The van der Waals surface area contributed by atoms with Crippen LogP contribution in [0.1, 0.15) is 0 Å². The molecule has 82 valence electrons. The third-order valence-corrected chi connectivity index (χ3v) is 2.13. The van der Waals surface area contributed by atoms with E-state index in [2.05, 4.69) is 15.9 Å². The number of hydrogen-bond acceptors (Lipinski definition) is 1. The molecule has 0 heterocycles. The fourth-order valence-electron chi connectivity index (χ4n) is 0.881. The fourth-order valence-corrected chi connectivity index (χ4v) is 1.28. The van der Waals surface area contributed by atoms with Crippen molar-refractivity contribution in [1.29, 1.82) is 0 Å². The first-order valence-electron chi connectivity index (χ1n) is 4.11. The van der Waals surface area contributed by atoms with E-state index < -0.39 is 6.18 Å². The number of allylic oxidation sites excluding steroid dienone is 1. The molecule has 0 bridgehead atoms. The molecular weight excluding hydrogens is 273 g/mol. The van der Waals surface area contributed by atoms with Gasteiger partial charge in [0.15, 0.2) is 0 Å². The van der Waals surface area contributed by atoms with Crippen LogP contribution in [0, 0.1) is 0 Å². The van der Waals surface area contributed by atoms with Gasteiger partial charge in [0.05, 0.1) is 4.47 Å². The van der Waals surface area contributed by atoms with Crippen LogP contribution in [0.5, 0.6) is 5.75 Å². The third-order valence-electron chi connectivity index (χ3n) is 1.48. The average molecular weight is 281 g/mol. The molecular formula is C10H8BrF3O. The Bertz CT molecular complexity index is 347. The molecule has 5 heteroatoms. The molecule has 0 spiro atoms. The summed E-state index contributed by atoms with van der Waals surface area (Å²) in [5, 5.41) is 0. The van der Waals surface area contributed by atoms with Gasteiger partial charge in [-0.25, -0.2) is 0 Å². The molecule has 0 aromatic heterocycles. The van der Waals surface area contributed by atoms with E-state index in [0.29, 0.717) is 10.2 Å². The Labute approximate surface area is 93.7 Å². The summed E-state index contributed by atoms with van der Waals surface area (Å²) < 4.78 is 40.9. The Morgan fingerprint density at radius 2 is 1.93 bits per heavy atom. The molecule has 0 aliphatic heterocycles. The second kappa shape index (κ2) is 5.21. The lowest BCUT2D eigenvalue weighted by Gasteiger charge is -2.05. The fraction of sp³-hybridized carbons (Fsp3) is 0.200. The van der Waals surface area contributed by atoms with Crippen LogP contribution < -0.4 is 4.74 Å². The van der Waals surface area contributed by atoms with Crippen molar-refractivity contribution in [2.75, 3.05) is 6.61 Å². The lowest BCUT2D eigenvalue weighted by Crippen LogP contribution is -2.02. The molecule has 0 aliphatic rings. The summed E-state index contributed by atoms with van der Waals surface area (Å²) in [6.45, 7) is -0.109. The molecule has 0 fully saturated rings. The quantitative estimate of drug-likeness (QED) is 0.762. The SMILES string of the molecule is FC(F)(F)/C=C/COc1ccccc1Br. The summed E-state index contributed by atoms with van der Waals surface area (Å²) in [5.74, 6) is 0.518. The van der Waals surface area contributed by atoms with Crippen LogP contribution in [0.2, 0.25) is 0 Å². The first-order chi connectivity index (χ1) is 6.99. The Kier molecular flexibility index (Phi) is 4.20. The second-order valence-corrected chi connectivity index (χ2v) is 3.54. The molecule has 1 nitrogen and oxygen atoms in total. The smallest absolute Gasteiger partial charge is 0.409 e. The van der Waals surface area contributed by atoms with Gasteiger partial charge in [0.25, 0.3) is 0 Å². The topological polar surface area (TPSA) is 9.23 Å². The number of benzene rings is 1. The van der Waals surface area contributed by atoms with Crippen molar-refractivity contribution >= 4 is 15.9 Å². The molecule has 0 saturated heterocycles. The largest absolute Gasteiger partial charge is 0.488 e. The highest BCUT2D eigenvalue weighted by Gasteiger charge is 2.21. The van der Waals surface area contributed by atoms with Gasteiger partial charge in [-0.15, -0.1) is 0 Å². The summed E-state index contributed by atoms with van der Waals surface area (Å²) in [6.07, 6.45) is -3.19. The van der Waals surface area contributed by atoms with Crippen LogP contribution in [0.15, 0.2) is 40.9 Å². The van der Waals surface area contributed by atoms with Crippen molar-refractivity contribution in [3.8, 4) is 5.75 Å². The summed E-state index contributed by atoms with van der Waals surface area (Å²) in [7, 11) is 0. The summed E-state index contributed by atoms with van der Waals surface area (Å²) >= 11 is 3.22. The van der Waals surface area contributed by atoms with Gasteiger partial charge in [0.1, 0.15) is 12.4 Å². The number of alkyl halides is 3. The van der Waals surface area contributed by atoms with Crippen LogP contribution in [0.3, 0.4) is 0 Å². The maximum Gasteiger partial charge on any atom is 0.409 e. The molecule has 1 rings (SSSR count). The normalized spacial score (nSPS) is 12.0. The highest BCUT2D eigenvalue weighted by molar-refractivity contribution is 9.10. The molecule has 0 unspecified atom stereocenters. The van der Waals surface area contributed by atoms with Crippen molar-refractivity contribution in [1.82, 2.24) is 0 Å². The zero-order valence-electron chi connectivity index (χ0n) is 7.59. The maximum atomic E-state index is 11.7. The van der Waals surface area contributed by atoms with E-state index in [1.807, 2.05) is 0 Å². The van der Waals surface area contributed by atoms with Gasteiger partial charge in [0, 0.05) is 6.08 Å². The van der Waals surface area contributed by atoms with E-state index in [9.17, 15) is 13.2 Å². The Morgan fingerprint density at radius 1 is 1.27 bits per heavy atom. The van der Waals surface area contributed by atoms with Crippen molar-refractivity contribution < 1.29 is 17.9 Å². The molecule has 0 N–H and O–H groups in total. The van der Waals surface area contributed by atoms with Gasteiger partial charge >= 0.3 is 6.18 Å². The molecule has 1 aromatic carbocycles. The van der Waals surface area contributed by atoms with E-state index in [0.717, 1.165) is 6.08 Å². The predicted octanol–water partition coefficient (Wildman–Crippen LogP) is 3.95. The van der Waals surface area contributed by atoms with Crippen LogP contribution in [0.25, 0.3) is 0 Å². The first-order valence-corrected chi connectivity index (χ1v) is 4.90. The predicted molar refractivity (Wildman–Crippen MR) is 54.8 cm³/mol. The van der Waals surface area contributed by atoms with Gasteiger partial charge in [-0.2, -0.15) is 13.2 Å². The van der Waals surface area contributed by atoms with E-state index >= 15 is 0 Å². The second-order valence-electron chi connectivity index (χ2n) is 2.69. The van der Waals surface area contributed by atoms with E-state index in [1.54, 1.807) is 24.3 Å². The van der Waals surface area contributed by atoms with Gasteiger partial charge in [-0.1, -0.05) is 12.1 Å². The Balaban J connectivity index is 2.45. The molecule has 1 aromatic rings. The van der Waals surface area contributed by atoms with Crippen LogP contribution in [0.4, 0.5) is 13.2 Å². The molecule has 0 saturated carbocycles. The summed E-state index contributed by atoms with van der Waals surface area (Å²) in [4.78, 5) is 0. The van der Waals surface area contributed by atoms with Gasteiger partial charge in [-0.05, 0) is 34.1 Å². The standard InChI is InChI=1S/C10H8BrF3O/c11-8-4-1-2-5-9(8)15-7-3-6-10(12,13)14/h1-6H,7H2/b6-3+. The monoisotopic (exact) mass is 280 g/mol. The van der Waals surface area contributed by atoms with Crippen LogP contribution in [-0.2, 0) is 0 Å². The minimum atomic E-state index is -4.28. The van der Waals surface area contributed by atoms with Crippen molar-refractivity contribution in [2.45, 2.75) is 6.18 Å². The lowest BCUT2D eigenvalue weighted by atomic mass is 10.3. The van der Waals surface area contributed by atoms with Crippen LogP contribution in [-0.4, -0.2) is 12.8 Å². The van der Waals surface area contributed by atoms with Gasteiger partial charge < -0.3 is 4.74 Å². The number of ether oxygens (including phenoxy) is 1. The molecule has 0 radical (unpaired) electrons. The number of para-hydroxylation sites is 1. The minimum absolute atomic E-state index is 0.109. The zero-order valence-corrected chi connectivity index (χ0v) is 9.18. The molecule has 0 amide bonds. The van der Waals surface area contributed by atoms with Crippen molar-refractivity contribution in [2.24, 2.45) is 0 Å². The third kappa shape index (κ3) is 4.88. The lowest BCUT2D eigenvalue weighted by molar-refractivity contribution is -0.0801. The first kappa shape index (κ1) is 12.1. The molecule has 0 aliphatic carbocycles. The molecule has 0 atom stereocenters. The number of hydrogen-bond donors (Lipinski definition) is 0. The highest BCUT2D eigenvalue weighted by atomic mass is 79.9. The van der Waals surface area contributed by atoms with Crippen molar-refractivity contribution in [3.05, 3.63) is 40.9 Å². The summed E-state index contributed by atoms with van der Waals surface area (Å²) in [5.41, 5.74) is 0. The van der Waals surface area contributed by atoms with E-state index in [1.165, 1.54) is 0 Å². The molecule has 15 heavy (non-hydrogen) atoms. The maximum absolute atomic E-state index is 11.7. The number of rotatable bonds is 3. The minimum Gasteiger partial charge on any atom is -0.488 e. The van der Waals surface area contributed by atoms with Gasteiger partial charge in [0.2, 0.25) is 0 Å². The van der Waals surface area contributed by atoms with Gasteiger partial charge in [-0.3, -0.25) is 0 Å². The van der Waals surface area contributed by atoms with E-state index in [4.69, 9.17) is 4.74 Å². The Hall–Kier alpha value is -0.970. The van der Waals surface area contributed by atoms with Crippen molar-refractivity contribution in [3.63, 3.8) is 0 Å². The highest BCUT2D eigenvalue weighted by Crippen LogP contribution is 2.23. The number of halogens is 4. The summed E-state index contributed by atoms with van der Waals surface area (Å²) in [6, 6.07) is 6.96.